The number of carbonyl (C=O) groups is 2. The maximum atomic E-state index is 12.9. The second-order valence-corrected chi connectivity index (χ2v) is 7.60. The van der Waals surface area contributed by atoms with E-state index in [4.69, 9.17) is 4.42 Å². The summed E-state index contributed by atoms with van der Waals surface area (Å²) in [5, 5.41) is 5.44. The van der Waals surface area contributed by atoms with Crippen LogP contribution in [0.3, 0.4) is 0 Å². The van der Waals surface area contributed by atoms with Gasteiger partial charge in [0.1, 0.15) is 5.69 Å². The Bertz CT molecular complexity index is 741. The average molecular weight is 375 g/mol. The molecule has 2 unspecified atom stereocenters. The Kier molecular flexibility index (Phi) is 6.08. The van der Waals surface area contributed by atoms with Crippen LogP contribution in [-0.2, 0) is 4.79 Å². The zero-order valence-corrected chi connectivity index (χ0v) is 16.1. The lowest BCUT2D eigenvalue weighted by atomic mass is 9.92. The summed E-state index contributed by atoms with van der Waals surface area (Å²) in [6, 6.07) is 3.73. The minimum atomic E-state index is -0.143. The summed E-state index contributed by atoms with van der Waals surface area (Å²) >= 11 is 1.39. The summed E-state index contributed by atoms with van der Waals surface area (Å²) < 4.78 is 5.34. The van der Waals surface area contributed by atoms with Crippen LogP contribution in [0.5, 0.6) is 0 Å². The summed E-state index contributed by atoms with van der Waals surface area (Å²) in [5.41, 5.74) is 0.417. The standard InChI is InChI=1S/C19H25N3O3S/c1-3-4-9-20-17(23)14-8-7-13(2)22(11-14)19(24)15-12-26-18(21-15)16-6-5-10-25-16/h5-6,10,12-14H,3-4,7-9,11H2,1-2H3,(H,20,23). The van der Waals surface area contributed by atoms with Crippen molar-refractivity contribution in [1.82, 2.24) is 15.2 Å². The van der Waals surface area contributed by atoms with E-state index >= 15 is 0 Å². The van der Waals surface area contributed by atoms with Gasteiger partial charge in [-0.05, 0) is 38.3 Å². The van der Waals surface area contributed by atoms with Crippen molar-refractivity contribution in [3.63, 3.8) is 0 Å². The fourth-order valence-electron chi connectivity index (χ4n) is 3.17. The summed E-state index contributed by atoms with van der Waals surface area (Å²) in [7, 11) is 0. The van der Waals surface area contributed by atoms with Gasteiger partial charge in [-0.25, -0.2) is 4.98 Å². The largest absolute Gasteiger partial charge is 0.462 e. The fraction of sp³-hybridized carbons (Fsp3) is 0.526. The molecule has 3 rings (SSSR count). The molecule has 26 heavy (non-hydrogen) atoms. The molecule has 0 saturated carbocycles. The highest BCUT2D eigenvalue weighted by Crippen LogP contribution is 2.27. The number of unbranched alkanes of at least 4 members (excludes halogenated alkanes) is 1. The molecule has 0 radical (unpaired) electrons. The number of likely N-dealkylation sites (tertiary alicyclic amines) is 1. The zero-order chi connectivity index (χ0) is 18.5. The Morgan fingerprint density at radius 1 is 1.42 bits per heavy atom. The van der Waals surface area contributed by atoms with Crippen molar-refractivity contribution in [3.05, 3.63) is 29.5 Å². The fourth-order valence-corrected chi connectivity index (χ4v) is 3.93. The lowest BCUT2D eigenvalue weighted by Gasteiger charge is -2.37. The van der Waals surface area contributed by atoms with Gasteiger partial charge >= 0.3 is 0 Å². The smallest absolute Gasteiger partial charge is 0.273 e. The van der Waals surface area contributed by atoms with Gasteiger partial charge in [0.25, 0.3) is 5.91 Å². The molecule has 2 atom stereocenters. The normalized spacial score (nSPS) is 20.2. The van der Waals surface area contributed by atoms with Gasteiger partial charge < -0.3 is 14.6 Å². The first-order valence-corrected chi connectivity index (χ1v) is 10.1. The third-order valence-electron chi connectivity index (χ3n) is 4.80. The summed E-state index contributed by atoms with van der Waals surface area (Å²) in [6.45, 7) is 5.28. The summed E-state index contributed by atoms with van der Waals surface area (Å²) in [6.07, 6.45) is 5.26. The Morgan fingerprint density at radius 2 is 2.27 bits per heavy atom. The molecule has 2 aromatic heterocycles. The molecule has 1 aliphatic heterocycles. The van der Waals surface area contributed by atoms with Crippen molar-refractivity contribution in [2.75, 3.05) is 13.1 Å². The van der Waals surface area contributed by atoms with Gasteiger partial charge in [-0.3, -0.25) is 9.59 Å². The second kappa shape index (κ2) is 8.49. The van der Waals surface area contributed by atoms with Gasteiger partial charge in [0.2, 0.25) is 5.91 Å². The van der Waals surface area contributed by atoms with Crippen LogP contribution < -0.4 is 5.32 Å². The van der Waals surface area contributed by atoms with E-state index in [0.29, 0.717) is 29.6 Å². The lowest BCUT2D eigenvalue weighted by molar-refractivity contribution is -0.126. The number of aromatic nitrogens is 1. The monoisotopic (exact) mass is 375 g/mol. The molecule has 6 nitrogen and oxygen atoms in total. The highest BCUT2D eigenvalue weighted by atomic mass is 32.1. The van der Waals surface area contributed by atoms with Crippen molar-refractivity contribution < 1.29 is 14.0 Å². The third-order valence-corrected chi connectivity index (χ3v) is 5.66. The molecule has 3 heterocycles. The van der Waals surface area contributed by atoms with Crippen LogP contribution in [0, 0.1) is 5.92 Å². The molecule has 0 aliphatic carbocycles. The second-order valence-electron chi connectivity index (χ2n) is 6.74. The highest BCUT2D eigenvalue weighted by Gasteiger charge is 2.33. The Balaban J connectivity index is 1.66. The minimum Gasteiger partial charge on any atom is -0.462 e. The van der Waals surface area contributed by atoms with Crippen LogP contribution in [0.4, 0.5) is 0 Å². The number of thiazole rings is 1. The van der Waals surface area contributed by atoms with Crippen LogP contribution in [0.25, 0.3) is 10.8 Å². The van der Waals surface area contributed by atoms with E-state index in [1.165, 1.54) is 11.3 Å². The van der Waals surface area contributed by atoms with Crippen molar-refractivity contribution in [2.24, 2.45) is 5.92 Å². The van der Waals surface area contributed by atoms with Crippen LogP contribution in [0.2, 0.25) is 0 Å². The predicted molar refractivity (Wildman–Crippen MR) is 101 cm³/mol. The molecule has 0 aromatic carbocycles. The van der Waals surface area contributed by atoms with E-state index in [-0.39, 0.29) is 23.8 Å². The Hall–Kier alpha value is -2.15. The Labute approximate surface area is 157 Å². The number of hydrogen-bond donors (Lipinski definition) is 1. The Morgan fingerprint density at radius 3 is 3.00 bits per heavy atom. The molecule has 0 bridgehead atoms. The lowest BCUT2D eigenvalue weighted by Crippen LogP contribution is -2.49. The number of rotatable bonds is 6. The van der Waals surface area contributed by atoms with E-state index in [0.717, 1.165) is 25.7 Å². The molecule has 7 heteroatoms. The molecule has 140 valence electrons. The number of nitrogens with zero attached hydrogens (tertiary/aromatic N) is 2. The van der Waals surface area contributed by atoms with Crippen molar-refractivity contribution >= 4 is 23.2 Å². The van der Waals surface area contributed by atoms with Gasteiger partial charge in [0, 0.05) is 24.5 Å². The first kappa shape index (κ1) is 18.6. The number of carbonyl (C=O) groups excluding carboxylic acids is 2. The van der Waals surface area contributed by atoms with Crippen LogP contribution in [0.15, 0.2) is 28.2 Å². The van der Waals surface area contributed by atoms with Crippen LogP contribution in [-0.4, -0.2) is 40.8 Å². The van der Waals surface area contributed by atoms with Gasteiger partial charge in [-0.15, -0.1) is 11.3 Å². The molecule has 1 aliphatic rings. The quantitative estimate of drug-likeness (QED) is 0.783. The first-order chi connectivity index (χ1) is 12.6. The minimum absolute atomic E-state index is 0.0534. The van der Waals surface area contributed by atoms with E-state index in [1.807, 2.05) is 13.0 Å². The number of furan rings is 1. The van der Waals surface area contributed by atoms with E-state index < -0.39 is 0 Å². The first-order valence-electron chi connectivity index (χ1n) is 9.18. The zero-order valence-electron chi connectivity index (χ0n) is 15.2. The van der Waals surface area contributed by atoms with Crippen molar-refractivity contribution in [1.29, 1.82) is 0 Å². The van der Waals surface area contributed by atoms with Gasteiger partial charge in [0.05, 0.1) is 12.2 Å². The average Bonchev–Trinajstić information content (AvgIpc) is 3.33. The summed E-state index contributed by atoms with van der Waals surface area (Å²) in [4.78, 5) is 31.5. The predicted octanol–water partition coefficient (Wildman–Crippen LogP) is 3.56. The maximum absolute atomic E-state index is 12.9. The molecule has 1 fully saturated rings. The van der Waals surface area contributed by atoms with Crippen molar-refractivity contribution in [3.8, 4) is 10.8 Å². The number of nitrogens with one attached hydrogen (secondary N) is 1. The van der Waals surface area contributed by atoms with Crippen LogP contribution in [0.1, 0.15) is 50.0 Å². The van der Waals surface area contributed by atoms with Crippen LogP contribution >= 0.6 is 11.3 Å². The topological polar surface area (TPSA) is 75.4 Å². The van der Waals surface area contributed by atoms with E-state index in [2.05, 4.69) is 17.2 Å². The van der Waals surface area contributed by atoms with Crippen molar-refractivity contribution in [2.45, 2.75) is 45.6 Å². The molecular weight excluding hydrogens is 350 g/mol. The van der Waals surface area contributed by atoms with Gasteiger partial charge in [-0.1, -0.05) is 13.3 Å². The van der Waals surface area contributed by atoms with E-state index in [1.54, 1.807) is 22.6 Å². The number of hydrogen-bond acceptors (Lipinski definition) is 5. The summed E-state index contributed by atoms with van der Waals surface area (Å²) in [5.74, 6) is 0.458. The maximum Gasteiger partial charge on any atom is 0.273 e. The third kappa shape index (κ3) is 4.15. The molecule has 2 amide bonds. The highest BCUT2D eigenvalue weighted by molar-refractivity contribution is 7.13. The molecule has 2 aromatic rings. The molecule has 1 N–H and O–H groups in total. The molecule has 1 saturated heterocycles. The SMILES string of the molecule is CCCCNC(=O)C1CCC(C)N(C(=O)c2csc(-c3ccco3)n2)C1. The van der Waals surface area contributed by atoms with Gasteiger partial charge in [0.15, 0.2) is 10.8 Å². The molecular formula is C19H25N3O3S. The van der Waals surface area contributed by atoms with Gasteiger partial charge in [-0.2, -0.15) is 0 Å². The van der Waals surface area contributed by atoms with E-state index in [9.17, 15) is 9.59 Å². The molecule has 0 spiro atoms. The number of amides is 2. The number of piperidine rings is 1.